The molecule has 3 amide bonds. The van der Waals surface area contributed by atoms with Crippen LogP contribution in [0.4, 0.5) is 10.5 Å². The molecule has 4 rings (SSSR count). The van der Waals surface area contributed by atoms with Crippen LogP contribution in [0.1, 0.15) is 33.1 Å². The number of carboxylic acids is 1. The van der Waals surface area contributed by atoms with Crippen molar-refractivity contribution >= 4 is 29.6 Å². The number of piperidine rings is 1. The number of aliphatic carboxylic acids is 1. The van der Waals surface area contributed by atoms with Gasteiger partial charge in [-0.15, -0.1) is 0 Å². The first-order chi connectivity index (χ1) is 17.6. The van der Waals surface area contributed by atoms with Crippen LogP contribution in [-0.4, -0.2) is 113 Å². The number of rotatable bonds is 6. The second-order valence-electron chi connectivity index (χ2n) is 10.4. The summed E-state index contributed by atoms with van der Waals surface area (Å²) in [5, 5.41) is 20.4. The van der Waals surface area contributed by atoms with Crippen LogP contribution in [0.2, 0.25) is 0 Å². The number of nitrogens with zero attached hydrogens (tertiary/aromatic N) is 4. The van der Waals surface area contributed by atoms with E-state index in [0.717, 1.165) is 23.4 Å². The largest absolute Gasteiger partial charge is 0.481 e. The van der Waals surface area contributed by atoms with Crippen molar-refractivity contribution in [1.29, 1.82) is 0 Å². The van der Waals surface area contributed by atoms with Gasteiger partial charge in [-0.2, -0.15) is 0 Å². The fourth-order valence-electron chi connectivity index (χ4n) is 5.79. The van der Waals surface area contributed by atoms with Crippen LogP contribution in [0.25, 0.3) is 0 Å². The van der Waals surface area contributed by atoms with Crippen molar-refractivity contribution < 1.29 is 34.1 Å². The number of carbonyl (C=O) groups excluding carboxylic acids is 2. The molecular weight excluding hydrogens is 480 g/mol. The van der Waals surface area contributed by atoms with E-state index in [9.17, 15) is 29.4 Å². The number of carboxylic acid groups (broad SMARTS) is 2. The fourth-order valence-corrected chi connectivity index (χ4v) is 5.79. The van der Waals surface area contributed by atoms with Gasteiger partial charge >= 0.3 is 12.1 Å². The Balaban J connectivity index is 1.51. The zero-order valence-electron chi connectivity index (χ0n) is 21.5. The van der Waals surface area contributed by atoms with Crippen molar-refractivity contribution in [3.63, 3.8) is 0 Å². The van der Waals surface area contributed by atoms with Gasteiger partial charge < -0.3 is 29.6 Å². The summed E-state index contributed by atoms with van der Waals surface area (Å²) < 4.78 is 5.77. The van der Waals surface area contributed by atoms with E-state index < -0.39 is 35.0 Å². The third-order valence-electron chi connectivity index (χ3n) is 8.35. The van der Waals surface area contributed by atoms with E-state index in [1.165, 1.54) is 13.8 Å². The van der Waals surface area contributed by atoms with Gasteiger partial charge in [0, 0.05) is 45.0 Å². The number of piperazine rings is 1. The summed E-state index contributed by atoms with van der Waals surface area (Å²) in [6, 6.07) is 9.79. The first-order valence-electron chi connectivity index (χ1n) is 12.8. The van der Waals surface area contributed by atoms with E-state index in [1.54, 1.807) is 9.80 Å². The number of likely N-dealkylation sites (tertiary alicyclic amines) is 2. The smallest absolute Gasteiger partial charge is 0.408 e. The summed E-state index contributed by atoms with van der Waals surface area (Å²) in [6.45, 7) is 5.47. The zero-order valence-corrected chi connectivity index (χ0v) is 21.5. The van der Waals surface area contributed by atoms with Gasteiger partial charge in [0.15, 0.2) is 0 Å². The summed E-state index contributed by atoms with van der Waals surface area (Å²) in [4.78, 5) is 57.8. The highest BCUT2D eigenvalue weighted by molar-refractivity contribution is 5.96. The van der Waals surface area contributed by atoms with Crippen molar-refractivity contribution in [2.45, 2.75) is 44.8 Å². The zero-order chi connectivity index (χ0) is 26.8. The average Bonchev–Trinajstić information content (AvgIpc) is 3.44. The van der Waals surface area contributed by atoms with Crippen molar-refractivity contribution in [3.8, 4) is 0 Å². The molecular formula is C26H36N4O7. The summed E-state index contributed by atoms with van der Waals surface area (Å²) in [5.41, 5.74) is -2.58. The number of hydrogen-bond acceptors (Lipinski definition) is 6. The monoisotopic (exact) mass is 516 g/mol. The molecule has 3 heterocycles. The van der Waals surface area contributed by atoms with E-state index in [2.05, 4.69) is 4.90 Å². The number of anilines is 1. The van der Waals surface area contributed by atoms with Crippen LogP contribution in [-0.2, 0) is 19.1 Å². The van der Waals surface area contributed by atoms with E-state index in [1.807, 2.05) is 30.3 Å². The molecule has 2 N–H and O–H groups in total. The van der Waals surface area contributed by atoms with Gasteiger partial charge in [0.1, 0.15) is 12.1 Å². The van der Waals surface area contributed by atoms with Crippen LogP contribution in [0.3, 0.4) is 0 Å². The highest BCUT2D eigenvalue weighted by atomic mass is 16.5. The summed E-state index contributed by atoms with van der Waals surface area (Å²) in [7, 11) is 0. The van der Waals surface area contributed by atoms with Gasteiger partial charge in [0.2, 0.25) is 11.8 Å². The quantitative estimate of drug-likeness (QED) is 0.583. The topological polar surface area (TPSA) is 131 Å². The van der Waals surface area contributed by atoms with Crippen molar-refractivity contribution in [2.24, 2.45) is 5.41 Å². The van der Waals surface area contributed by atoms with Gasteiger partial charge in [0.25, 0.3) is 0 Å². The van der Waals surface area contributed by atoms with Crippen LogP contribution < -0.4 is 4.90 Å². The highest BCUT2D eigenvalue weighted by Gasteiger charge is 2.65. The molecule has 0 aliphatic carbocycles. The molecule has 1 aromatic carbocycles. The first-order valence-corrected chi connectivity index (χ1v) is 12.8. The Bertz CT molecular complexity index is 1020. The second kappa shape index (κ2) is 10.6. The predicted octanol–water partition coefficient (Wildman–Crippen LogP) is 1.58. The standard InChI is InChI=1S/C26H36N4O7/c1-25(23(33)34)16-20(37-18-21(31)28-10-6-7-11-28)17-30(24(35)36)26(25,2)22(32)29-14-12-27(13-15-29)19-8-4-3-5-9-19/h3-5,8-9,20H,6-7,10-18H2,1-2H3,(H,33,34)(H,35,36)/t20-,25+,26+/m0/s1. The lowest BCUT2D eigenvalue weighted by Gasteiger charge is -2.55. The molecule has 1 aromatic rings. The lowest BCUT2D eigenvalue weighted by Crippen LogP contribution is -2.74. The second-order valence-corrected chi connectivity index (χ2v) is 10.4. The molecule has 0 spiro atoms. The molecule has 3 aliphatic rings. The van der Waals surface area contributed by atoms with Crippen LogP contribution in [0.5, 0.6) is 0 Å². The Morgan fingerprint density at radius 2 is 1.54 bits per heavy atom. The molecule has 0 aromatic heterocycles. The van der Waals surface area contributed by atoms with Gasteiger partial charge in [0.05, 0.1) is 18.1 Å². The van der Waals surface area contributed by atoms with Crippen molar-refractivity contribution in [1.82, 2.24) is 14.7 Å². The minimum atomic E-state index is -1.85. The molecule has 3 atom stereocenters. The number of ether oxygens (including phenoxy) is 1. The molecule has 11 heteroatoms. The average molecular weight is 517 g/mol. The van der Waals surface area contributed by atoms with E-state index in [-0.39, 0.29) is 25.5 Å². The minimum absolute atomic E-state index is 0.0917. The molecule has 0 unspecified atom stereocenters. The maximum atomic E-state index is 13.9. The molecule has 37 heavy (non-hydrogen) atoms. The summed E-state index contributed by atoms with van der Waals surface area (Å²) >= 11 is 0. The Morgan fingerprint density at radius 1 is 0.919 bits per heavy atom. The minimum Gasteiger partial charge on any atom is -0.481 e. The van der Waals surface area contributed by atoms with Crippen LogP contribution in [0.15, 0.2) is 30.3 Å². The number of carbonyl (C=O) groups is 4. The first kappa shape index (κ1) is 26.7. The Hall–Kier alpha value is -3.34. The molecule has 3 saturated heterocycles. The fraction of sp³-hybridized carbons (Fsp3) is 0.615. The van der Waals surface area contributed by atoms with Gasteiger partial charge in [-0.25, -0.2) is 4.79 Å². The predicted molar refractivity (Wildman–Crippen MR) is 134 cm³/mol. The summed E-state index contributed by atoms with van der Waals surface area (Å²) in [5.74, 6) is -2.01. The van der Waals surface area contributed by atoms with Crippen LogP contribution in [0, 0.1) is 5.41 Å². The number of para-hydroxylation sites is 1. The molecule has 0 bridgehead atoms. The Morgan fingerprint density at radius 3 is 2.11 bits per heavy atom. The summed E-state index contributed by atoms with van der Waals surface area (Å²) in [6.07, 6.45) is -0.464. The van der Waals surface area contributed by atoms with Crippen molar-refractivity contribution in [3.05, 3.63) is 30.3 Å². The SMILES string of the molecule is C[C@]1(C(=O)N2CCN(c3ccccc3)CC2)N(C(=O)O)C[C@@H](OCC(=O)N2CCCC2)C[C@]1(C)C(=O)O. The van der Waals surface area contributed by atoms with Crippen molar-refractivity contribution in [2.75, 3.05) is 57.3 Å². The van der Waals surface area contributed by atoms with E-state index in [4.69, 9.17) is 4.74 Å². The third kappa shape index (κ3) is 4.96. The van der Waals surface area contributed by atoms with Gasteiger partial charge in [-0.1, -0.05) is 18.2 Å². The number of hydrogen-bond donors (Lipinski definition) is 2. The maximum absolute atomic E-state index is 13.9. The third-order valence-corrected chi connectivity index (χ3v) is 8.35. The van der Waals surface area contributed by atoms with Crippen LogP contribution >= 0.6 is 0 Å². The lowest BCUT2D eigenvalue weighted by molar-refractivity contribution is -0.184. The Labute approximate surface area is 216 Å². The van der Waals surface area contributed by atoms with Gasteiger partial charge in [-0.05, 0) is 45.2 Å². The highest BCUT2D eigenvalue weighted by Crippen LogP contribution is 2.46. The normalized spacial score (nSPS) is 28.3. The molecule has 0 radical (unpaired) electrons. The molecule has 202 valence electrons. The number of benzene rings is 1. The molecule has 11 nitrogen and oxygen atoms in total. The molecule has 3 fully saturated rings. The van der Waals surface area contributed by atoms with Gasteiger partial charge in [-0.3, -0.25) is 19.3 Å². The Kier molecular flexibility index (Phi) is 7.63. The maximum Gasteiger partial charge on any atom is 0.408 e. The van der Waals surface area contributed by atoms with E-state index in [0.29, 0.717) is 39.3 Å². The lowest BCUT2D eigenvalue weighted by atomic mass is 9.64. The number of amides is 3. The molecule has 3 aliphatic heterocycles. The molecule has 0 saturated carbocycles. The van der Waals surface area contributed by atoms with E-state index >= 15 is 0 Å².